The van der Waals surface area contributed by atoms with E-state index in [1.807, 2.05) is 18.2 Å². The van der Waals surface area contributed by atoms with Crippen molar-refractivity contribution in [1.29, 1.82) is 0 Å². The molecule has 4 heteroatoms. The van der Waals surface area contributed by atoms with E-state index in [1.165, 1.54) is 5.56 Å². The average Bonchev–Trinajstić information content (AvgIpc) is 2.69. The minimum Gasteiger partial charge on any atom is -0.465 e. The second kappa shape index (κ2) is 7.12. The van der Waals surface area contributed by atoms with E-state index in [0.29, 0.717) is 5.92 Å². The number of piperidine rings is 3. The molecule has 1 atom stereocenters. The summed E-state index contributed by atoms with van der Waals surface area (Å²) in [6.07, 6.45) is 2.36. The summed E-state index contributed by atoms with van der Waals surface area (Å²) in [6.45, 7) is 5.22. The summed E-state index contributed by atoms with van der Waals surface area (Å²) < 4.78 is 0. The smallest absolute Gasteiger partial charge is 0.412 e. The number of aryl methyl sites for hydroxylation is 1. The van der Waals surface area contributed by atoms with Crippen LogP contribution in [0, 0.1) is 5.92 Å². The van der Waals surface area contributed by atoms with Crippen molar-refractivity contribution in [1.82, 2.24) is 4.90 Å². The number of rotatable bonds is 4. The summed E-state index contributed by atoms with van der Waals surface area (Å²) in [7, 11) is 0. The van der Waals surface area contributed by atoms with Gasteiger partial charge in [-0.15, -0.1) is 0 Å². The SMILES string of the molecule is CCc1cccc(-c2cccc(N(C(=O)O)C3CN4CCC3CC4)c2)c1. The largest absolute Gasteiger partial charge is 0.465 e. The van der Waals surface area contributed by atoms with E-state index in [0.717, 1.165) is 55.7 Å². The quantitative estimate of drug-likeness (QED) is 0.883. The number of anilines is 1. The fraction of sp³-hybridized carbons (Fsp3) is 0.409. The molecule has 5 rings (SSSR count). The van der Waals surface area contributed by atoms with Crippen molar-refractivity contribution >= 4 is 11.8 Å². The zero-order valence-corrected chi connectivity index (χ0v) is 15.3. The monoisotopic (exact) mass is 350 g/mol. The van der Waals surface area contributed by atoms with Crippen molar-refractivity contribution in [2.45, 2.75) is 32.2 Å². The molecule has 1 unspecified atom stereocenters. The molecular formula is C22H26N2O2. The van der Waals surface area contributed by atoms with Crippen LogP contribution in [-0.2, 0) is 6.42 Å². The Kier molecular flexibility index (Phi) is 4.68. The Morgan fingerprint density at radius 1 is 1.12 bits per heavy atom. The molecule has 1 amide bonds. The number of fused-ring (bicyclic) bond motifs is 3. The van der Waals surface area contributed by atoms with Crippen molar-refractivity contribution in [2.24, 2.45) is 5.92 Å². The van der Waals surface area contributed by atoms with Gasteiger partial charge in [-0.1, -0.05) is 43.3 Å². The Morgan fingerprint density at radius 3 is 2.42 bits per heavy atom. The maximum absolute atomic E-state index is 12.1. The number of carbonyl (C=O) groups is 1. The standard InChI is InChI=1S/C22H26N2O2/c1-2-16-5-3-6-18(13-16)19-7-4-8-20(14-19)24(22(25)26)21-15-23-11-9-17(21)10-12-23/h3-8,13-14,17,21H,2,9-12,15H2,1H3,(H,25,26). The lowest BCUT2D eigenvalue weighted by Gasteiger charge is -2.48. The van der Waals surface area contributed by atoms with Crippen LogP contribution in [-0.4, -0.2) is 41.8 Å². The molecule has 136 valence electrons. The number of nitrogens with zero attached hydrogens (tertiary/aromatic N) is 2. The van der Waals surface area contributed by atoms with Crippen LogP contribution < -0.4 is 4.90 Å². The van der Waals surface area contributed by atoms with Crippen LogP contribution in [0.15, 0.2) is 48.5 Å². The molecule has 2 bridgehead atoms. The van der Waals surface area contributed by atoms with Gasteiger partial charge in [0.05, 0.1) is 6.04 Å². The van der Waals surface area contributed by atoms with Crippen molar-refractivity contribution in [2.75, 3.05) is 24.5 Å². The van der Waals surface area contributed by atoms with E-state index in [9.17, 15) is 9.90 Å². The number of hydrogen-bond acceptors (Lipinski definition) is 2. The van der Waals surface area contributed by atoms with E-state index in [-0.39, 0.29) is 6.04 Å². The van der Waals surface area contributed by atoms with Crippen LogP contribution in [0.2, 0.25) is 0 Å². The van der Waals surface area contributed by atoms with Crippen molar-refractivity contribution in [3.8, 4) is 11.1 Å². The average molecular weight is 350 g/mol. The van der Waals surface area contributed by atoms with Gasteiger partial charge in [-0.3, -0.25) is 4.90 Å². The van der Waals surface area contributed by atoms with Gasteiger partial charge in [0.25, 0.3) is 0 Å². The normalized spacial score (nSPS) is 24.4. The highest BCUT2D eigenvalue weighted by atomic mass is 16.4. The Balaban J connectivity index is 1.68. The number of amides is 1. The maximum Gasteiger partial charge on any atom is 0.412 e. The minimum absolute atomic E-state index is 0.0622. The van der Waals surface area contributed by atoms with Gasteiger partial charge >= 0.3 is 6.09 Å². The molecule has 26 heavy (non-hydrogen) atoms. The van der Waals surface area contributed by atoms with E-state index < -0.39 is 6.09 Å². The molecule has 0 aromatic heterocycles. The predicted octanol–water partition coefficient (Wildman–Crippen LogP) is 4.49. The molecule has 4 nitrogen and oxygen atoms in total. The summed E-state index contributed by atoms with van der Waals surface area (Å²) in [5.41, 5.74) is 4.30. The molecule has 3 saturated heterocycles. The second-order valence-electron chi connectivity index (χ2n) is 7.46. The lowest BCUT2D eigenvalue weighted by atomic mass is 9.83. The van der Waals surface area contributed by atoms with Crippen molar-refractivity contribution < 1.29 is 9.90 Å². The Morgan fingerprint density at radius 2 is 1.81 bits per heavy atom. The lowest BCUT2D eigenvalue weighted by Crippen LogP contribution is -2.58. The molecule has 0 aliphatic carbocycles. The zero-order chi connectivity index (χ0) is 18.1. The van der Waals surface area contributed by atoms with Gasteiger partial charge in [0.15, 0.2) is 0 Å². The van der Waals surface area contributed by atoms with Gasteiger partial charge in [0.2, 0.25) is 0 Å². The highest BCUT2D eigenvalue weighted by Gasteiger charge is 2.40. The van der Waals surface area contributed by atoms with Crippen molar-refractivity contribution in [3.05, 3.63) is 54.1 Å². The first-order valence-electron chi connectivity index (χ1n) is 9.59. The summed E-state index contributed by atoms with van der Waals surface area (Å²) in [5, 5.41) is 9.96. The predicted molar refractivity (Wildman–Crippen MR) is 105 cm³/mol. The molecule has 3 fully saturated rings. The summed E-state index contributed by atoms with van der Waals surface area (Å²) in [5.74, 6) is 0.475. The molecule has 3 heterocycles. The Bertz CT molecular complexity index is 796. The highest BCUT2D eigenvalue weighted by Crippen LogP contribution is 2.35. The zero-order valence-electron chi connectivity index (χ0n) is 15.3. The Labute approximate surface area is 155 Å². The summed E-state index contributed by atoms with van der Waals surface area (Å²) >= 11 is 0. The molecule has 3 aliphatic heterocycles. The highest BCUT2D eigenvalue weighted by molar-refractivity contribution is 5.88. The van der Waals surface area contributed by atoms with Crippen LogP contribution >= 0.6 is 0 Å². The number of benzene rings is 2. The minimum atomic E-state index is -0.844. The lowest BCUT2D eigenvalue weighted by molar-refractivity contribution is 0.0837. The van der Waals surface area contributed by atoms with E-state index in [1.54, 1.807) is 4.90 Å². The van der Waals surface area contributed by atoms with Crippen LogP contribution in [0.25, 0.3) is 11.1 Å². The van der Waals surface area contributed by atoms with Gasteiger partial charge < -0.3 is 10.0 Å². The molecule has 2 aromatic rings. The third kappa shape index (κ3) is 3.21. The first-order chi connectivity index (χ1) is 12.7. The van der Waals surface area contributed by atoms with Gasteiger partial charge in [-0.2, -0.15) is 0 Å². The topological polar surface area (TPSA) is 43.8 Å². The van der Waals surface area contributed by atoms with E-state index in [2.05, 4.69) is 42.2 Å². The second-order valence-corrected chi connectivity index (χ2v) is 7.46. The van der Waals surface area contributed by atoms with Crippen LogP contribution in [0.3, 0.4) is 0 Å². The number of hydrogen-bond donors (Lipinski definition) is 1. The molecule has 3 aliphatic rings. The van der Waals surface area contributed by atoms with Gasteiger partial charge in [0, 0.05) is 12.2 Å². The molecular weight excluding hydrogens is 324 g/mol. The molecule has 2 aromatic carbocycles. The fourth-order valence-corrected chi connectivity index (χ4v) is 4.48. The maximum atomic E-state index is 12.1. The summed E-state index contributed by atoms with van der Waals surface area (Å²) in [6, 6.07) is 16.5. The first-order valence-corrected chi connectivity index (χ1v) is 9.59. The molecule has 1 N–H and O–H groups in total. The van der Waals surface area contributed by atoms with Crippen LogP contribution in [0.4, 0.5) is 10.5 Å². The fourth-order valence-electron chi connectivity index (χ4n) is 4.48. The molecule has 0 spiro atoms. The van der Waals surface area contributed by atoms with Crippen LogP contribution in [0.5, 0.6) is 0 Å². The molecule has 0 saturated carbocycles. The molecule has 0 radical (unpaired) electrons. The third-order valence-corrected chi connectivity index (χ3v) is 5.95. The Hall–Kier alpha value is -2.33. The van der Waals surface area contributed by atoms with E-state index >= 15 is 0 Å². The third-order valence-electron chi connectivity index (χ3n) is 5.95. The van der Waals surface area contributed by atoms with Crippen molar-refractivity contribution in [3.63, 3.8) is 0 Å². The van der Waals surface area contributed by atoms with Crippen LogP contribution in [0.1, 0.15) is 25.3 Å². The van der Waals surface area contributed by atoms with Gasteiger partial charge in [-0.25, -0.2) is 4.79 Å². The first kappa shape index (κ1) is 17.1. The number of carboxylic acid groups (broad SMARTS) is 1. The van der Waals surface area contributed by atoms with Gasteiger partial charge in [-0.05, 0) is 67.1 Å². The van der Waals surface area contributed by atoms with Gasteiger partial charge in [0.1, 0.15) is 0 Å². The summed E-state index contributed by atoms with van der Waals surface area (Å²) in [4.78, 5) is 16.1. The van der Waals surface area contributed by atoms with E-state index in [4.69, 9.17) is 0 Å².